The number of benzene rings is 1. The number of rotatable bonds is 2. The van der Waals surface area contributed by atoms with Crippen LogP contribution in [0.2, 0.25) is 0 Å². The van der Waals surface area contributed by atoms with Crippen LogP contribution >= 0.6 is 21.7 Å². The van der Waals surface area contributed by atoms with Crippen LogP contribution in [0.1, 0.15) is 5.56 Å². The van der Waals surface area contributed by atoms with Gasteiger partial charge in [0.05, 0.1) is 0 Å². The third-order valence-electron chi connectivity index (χ3n) is 2.74. The zero-order valence-corrected chi connectivity index (χ0v) is 10.4. The second-order valence-electron chi connectivity index (χ2n) is 3.76. The van der Waals surface area contributed by atoms with Gasteiger partial charge in [0.15, 0.2) is 0 Å². The van der Waals surface area contributed by atoms with E-state index in [2.05, 4.69) is 35.3 Å². The Kier molecular flexibility index (Phi) is 3.78. The smallest absolute Gasteiger partial charge is 0.0378 e. The molecular weight excluding hydrogens is 228 g/mol. The molecule has 0 spiro atoms. The molecule has 1 aliphatic rings. The van der Waals surface area contributed by atoms with Crippen molar-refractivity contribution in [1.82, 2.24) is 5.32 Å². The summed E-state index contributed by atoms with van der Waals surface area (Å²) in [5.41, 5.74) is 2.53. The van der Waals surface area contributed by atoms with Crippen LogP contribution in [0.3, 0.4) is 0 Å². The highest BCUT2D eigenvalue weighted by Gasteiger charge is 2.11. The van der Waals surface area contributed by atoms with Gasteiger partial charge in [0, 0.05) is 36.8 Å². The van der Waals surface area contributed by atoms with E-state index < -0.39 is 0 Å². The molecular formula is C11H15ClN2S. The van der Waals surface area contributed by atoms with Crippen LogP contribution in [-0.2, 0) is 0 Å². The molecule has 1 heterocycles. The van der Waals surface area contributed by atoms with Crippen LogP contribution in [0.25, 0.3) is 0 Å². The van der Waals surface area contributed by atoms with Crippen molar-refractivity contribution in [1.29, 1.82) is 0 Å². The van der Waals surface area contributed by atoms with Gasteiger partial charge in [-0.2, -0.15) is 0 Å². The molecule has 1 N–H and O–H groups in total. The summed E-state index contributed by atoms with van der Waals surface area (Å²) in [5.74, 6) is 0. The lowest BCUT2D eigenvalue weighted by Gasteiger charge is -2.29. The maximum absolute atomic E-state index is 5.83. The monoisotopic (exact) mass is 242 g/mol. The molecule has 2 rings (SSSR count). The Labute approximate surface area is 99.5 Å². The van der Waals surface area contributed by atoms with Gasteiger partial charge in [0.1, 0.15) is 0 Å². The molecule has 0 bridgehead atoms. The lowest BCUT2D eigenvalue weighted by atomic mass is 10.2. The van der Waals surface area contributed by atoms with Gasteiger partial charge in [-0.25, -0.2) is 0 Å². The SMILES string of the molecule is Cc1ccc(N2CCNCC2)cc1SCl. The highest BCUT2D eigenvalue weighted by Crippen LogP contribution is 2.29. The number of hydrogen-bond acceptors (Lipinski definition) is 3. The molecule has 1 aromatic carbocycles. The third-order valence-corrected chi connectivity index (χ3v) is 3.84. The summed E-state index contributed by atoms with van der Waals surface area (Å²) in [5, 5.41) is 3.35. The number of hydrogen-bond donors (Lipinski definition) is 1. The van der Waals surface area contributed by atoms with Crippen LogP contribution in [-0.4, -0.2) is 26.2 Å². The summed E-state index contributed by atoms with van der Waals surface area (Å²) in [6.07, 6.45) is 0. The minimum absolute atomic E-state index is 1.07. The molecule has 1 saturated heterocycles. The maximum Gasteiger partial charge on any atom is 0.0378 e. The molecule has 0 atom stereocenters. The summed E-state index contributed by atoms with van der Waals surface area (Å²) in [7, 11) is 7.13. The number of halogens is 1. The van der Waals surface area contributed by atoms with Gasteiger partial charge >= 0.3 is 0 Å². The highest BCUT2D eigenvalue weighted by molar-refractivity contribution is 8.21. The molecule has 1 aliphatic heterocycles. The normalized spacial score (nSPS) is 16.8. The average molecular weight is 243 g/mol. The van der Waals surface area contributed by atoms with Crippen molar-refractivity contribution >= 4 is 27.3 Å². The molecule has 0 amide bonds. The Morgan fingerprint density at radius 2 is 2.07 bits per heavy atom. The van der Waals surface area contributed by atoms with Crippen molar-refractivity contribution in [2.45, 2.75) is 11.8 Å². The molecule has 15 heavy (non-hydrogen) atoms. The van der Waals surface area contributed by atoms with Crippen LogP contribution in [0.5, 0.6) is 0 Å². The van der Waals surface area contributed by atoms with Crippen molar-refractivity contribution in [3.05, 3.63) is 23.8 Å². The second kappa shape index (κ2) is 5.10. The van der Waals surface area contributed by atoms with E-state index in [4.69, 9.17) is 10.7 Å². The standard InChI is InChI=1S/C11H15ClN2S/c1-9-2-3-10(8-11(9)15-12)14-6-4-13-5-7-14/h2-3,8,13H,4-7H2,1H3. The van der Waals surface area contributed by atoms with E-state index in [0.717, 1.165) is 31.1 Å². The zero-order chi connectivity index (χ0) is 10.7. The molecule has 2 nitrogen and oxygen atoms in total. The Bertz CT molecular complexity index is 337. The fourth-order valence-corrected chi connectivity index (χ4v) is 2.65. The topological polar surface area (TPSA) is 15.3 Å². The summed E-state index contributed by atoms with van der Waals surface area (Å²) in [4.78, 5) is 3.56. The van der Waals surface area contributed by atoms with Crippen LogP contribution < -0.4 is 10.2 Å². The van der Waals surface area contributed by atoms with Gasteiger partial charge in [0.2, 0.25) is 0 Å². The van der Waals surface area contributed by atoms with Crippen molar-refractivity contribution in [3.8, 4) is 0 Å². The number of aryl methyl sites for hydroxylation is 1. The van der Waals surface area contributed by atoms with Crippen LogP contribution in [0.4, 0.5) is 5.69 Å². The first-order valence-electron chi connectivity index (χ1n) is 5.16. The molecule has 0 aromatic heterocycles. The molecule has 4 heteroatoms. The first kappa shape index (κ1) is 11.1. The lowest BCUT2D eigenvalue weighted by Crippen LogP contribution is -2.43. The Morgan fingerprint density at radius 1 is 1.33 bits per heavy atom. The van der Waals surface area contributed by atoms with E-state index in [1.807, 2.05) is 0 Å². The number of nitrogens with one attached hydrogen (secondary N) is 1. The van der Waals surface area contributed by atoms with Crippen molar-refractivity contribution in [2.24, 2.45) is 0 Å². The second-order valence-corrected chi connectivity index (χ2v) is 4.82. The zero-order valence-electron chi connectivity index (χ0n) is 8.79. The maximum atomic E-state index is 5.83. The lowest BCUT2D eigenvalue weighted by molar-refractivity contribution is 0.589. The van der Waals surface area contributed by atoms with Gasteiger partial charge in [-0.1, -0.05) is 6.07 Å². The molecule has 1 aromatic rings. The third kappa shape index (κ3) is 2.60. The summed E-state index contributed by atoms with van der Waals surface area (Å²) in [6.45, 7) is 6.38. The average Bonchev–Trinajstić information content (AvgIpc) is 2.31. The van der Waals surface area contributed by atoms with E-state index >= 15 is 0 Å². The summed E-state index contributed by atoms with van der Waals surface area (Å²) >= 11 is 0. The fraction of sp³-hybridized carbons (Fsp3) is 0.455. The highest BCUT2D eigenvalue weighted by atomic mass is 35.7. The molecule has 1 fully saturated rings. The van der Waals surface area contributed by atoms with E-state index in [1.54, 1.807) is 0 Å². The summed E-state index contributed by atoms with van der Waals surface area (Å²) in [6, 6.07) is 6.50. The van der Waals surface area contributed by atoms with Gasteiger partial charge in [0.25, 0.3) is 0 Å². The Morgan fingerprint density at radius 3 is 2.73 bits per heavy atom. The largest absolute Gasteiger partial charge is 0.369 e. The van der Waals surface area contributed by atoms with Gasteiger partial charge in [-0.15, -0.1) is 0 Å². The van der Waals surface area contributed by atoms with E-state index in [0.29, 0.717) is 0 Å². The molecule has 0 aliphatic carbocycles. The first-order valence-corrected chi connectivity index (χ1v) is 6.80. The fourth-order valence-electron chi connectivity index (χ4n) is 1.79. The minimum Gasteiger partial charge on any atom is -0.369 e. The van der Waals surface area contributed by atoms with Crippen molar-refractivity contribution in [3.63, 3.8) is 0 Å². The van der Waals surface area contributed by atoms with Crippen LogP contribution in [0.15, 0.2) is 23.1 Å². The predicted molar refractivity (Wildman–Crippen MR) is 68.0 cm³/mol. The van der Waals surface area contributed by atoms with Gasteiger partial charge in [-0.05, 0) is 46.3 Å². The quantitative estimate of drug-likeness (QED) is 0.859. The van der Waals surface area contributed by atoms with Crippen LogP contribution in [0, 0.1) is 6.92 Å². The van der Waals surface area contributed by atoms with E-state index in [-0.39, 0.29) is 0 Å². The number of anilines is 1. The molecule has 82 valence electrons. The first-order chi connectivity index (χ1) is 7.31. The molecule has 0 radical (unpaired) electrons. The van der Waals surface area contributed by atoms with E-state index in [9.17, 15) is 0 Å². The number of nitrogens with zero attached hydrogens (tertiary/aromatic N) is 1. The van der Waals surface area contributed by atoms with Crippen molar-refractivity contribution in [2.75, 3.05) is 31.1 Å². The Balaban J connectivity index is 2.20. The molecule has 0 unspecified atom stereocenters. The van der Waals surface area contributed by atoms with Gasteiger partial charge in [-0.3, -0.25) is 0 Å². The van der Waals surface area contributed by atoms with E-state index in [1.165, 1.54) is 22.2 Å². The minimum atomic E-state index is 1.07. The van der Waals surface area contributed by atoms with Gasteiger partial charge < -0.3 is 10.2 Å². The molecule has 0 saturated carbocycles. The number of piperazine rings is 1. The predicted octanol–water partition coefficient (Wildman–Crippen LogP) is 2.65. The summed E-state index contributed by atoms with van der Waals surface area (Å²) < 4.78 is 0. The van der Waals surface area contributed by atoms with Crippen molar-refractivity contribution < 1.29 is 0 Å². The Hall–Kier alpha value is -0.380.